The molecule has 0 amide bonds. The van der Waals surface area contributed by atoms with Crippen molar-refractivity contribution in [2.75, 3.05) is 13.2 Å². The van der Waals surface area contributed by atoms with Crippen LogP contribution in [0.15, 0.2) is 61.7 Å². The summed E-state index contributed by atoms with van der Waals surface area (Å²) in [6, 6.07) is 10.2. The lowest BCUT2D eigenvalue weighted by molar-refractivity contribution is -0.138. The maximum Gasteiger partial charge on any atom is 0.330 e. The molecule has 6 heteroatoms. The fourth-order valence-corrected chi connectivity index (χ4v) is 3.22. The molecule has 0 fully saturated rings. The van der Waals surface area contributed by atoms with Crippen molar-refractivity contribution in [2.24, 2.45) is 0 Å². The molecule has 0 atom stereocenters. The molecule has 0 spiro atoms. The molecule has 0 unspecified atom stereocenters. The standard InChI is InChI=1S/C24H20F2O4/c1-3-21(27)29-11-9-15-5-7-17-18-8-6-16(10-12-30-22(28)4-2)14-20(18)24(26)23(25)19(17)13-15/h3-8,13-14H,1-2,9-12H2. The molecule has 0 aliphatic rings. The summed E-state index contributed by atoms with van der Waals surface area (Å²) in [6.07, 6.45) is 2.88. The number of hydrogen-bond donors (Lipinski definition) is 0. The Kier molecular flexibility index (Phi) is 6.57. The first-order valence-electron chi connectivity index (χ1n) is 9.35. The summed E-state index contributed by atoms with van der Waals surface area (Å²) in [7, 11) is 0. The van der Waals surface area contributed by atoms with E-state index in [1.54, 1.807) is 36.4 Å². The second-order valence-corrected chi connectivity index (χ2v) is 6.63. The highest BCUT2D eigenvalue weighted by molar-refractivity contribution is 6.08. The monoisotopic (exact) mass is 410 g/mol. The van der Waals surface area contributed by atoms with Gasteiger partial charge < -0.3 is 9.47 Å². The molecule has 0 heterocycles. The molecule has 0 N–H and O–H groups in total. The smallest absolute Gasteiger partial charge is 0.330 e. The van der Waals surface area contributed by atoms with Gasteiger partial charge in [-0.3, -0.25) is 0 Å². The number of fused-ring (bicyclic) bond motifs is 3. The molecule has 30 heavy (non-hydrogen) atoms. The minimum absolute atomic E-state index is 0.119. The Labute approximate surface area is 172 Å². The van der Waals surface area contributed by atoms with Crippen LogP contribution in [0.1, 0.15) is 11.1 Å². The van der Waals surface area contributed by atoms with E-state index >= 15 is 0 Å². The molecule has 3 rings (SSSR count). The first-order valence-corrected chi connectivity index (χ1v) is 9.35. The van der Waals surface area contributed by atoms with Crippen molar-refractivity contribution in [2.45, 2.75) is 12.8 Å². The number of halogens is 2. The lowest BCUT2D eigenvalue weighted by Gasteiger charge is -2.11. The molecule has 0 saturated heterocycles. The Morgan fingerprint density at radius 2 is 1.13 bits per heavy atom. The van der Waals surface area contributed by atoms with Crippen LogP contribution in [0.2, 0.25) is 0 Å². The van der Waals surface area contributed by atoms with Crippen LogP contribution >= 0.6 is 0 Å². The summed E-state index contributed by atoms with van der Waals surface area (Å²) in [5.74, 6) is -2.93. The van der Waals surface area contributed by atoms with Gasteiger partial charge in [0.05, 0.1) is 13.2 Å². The van der Waals surface area contributed by atoms with Gasteiger partial charge in [0.2, 0.25) is 0 Å². The Bertz CT molecular complexity index is 1060. The highest BCUT2D eigenvalue weighted by Gasteiger charge is 2.15. The molecule has 3 aromatic carbocycles. The number of rotatable bonds is 8. The fraction of sp³-hybridized carbons (Fsp3) is 0.167. The van der Waals surface area contributed by atoms with Gasteiger partial charge in [0.25, 0.3) is 0 Å². The van der Waals surface area contributed by atoms with E-state index in [1.807, 2.05) is 0 Å². The lowest BCUT2D eigenvalue weighted by atomic mass is 9.96. The number of ether oxygens (including phenoxy) is 2. The van der Waals surface area contributed by atoms with Gasteiger partial charge in [0.1, 0.15) is 0 Å². The first-order chi connectivity index (χ1) is 14.4. The molecule has 0 aliphatic heterocycles. The van der Waals surface area contributed by atoms with Gasteiger partial charge in [-0.05, 0) is 34.0 Å². The third-order valence-electron chi connectivity index (χ3n) is 4.73. The lowest BCUT2D eigenvalue weighted by Crippen LogP contribution is -2.05. The molecular formula is C24H20F2O4. The maximum atomic E-state index is 14.8. The number of benzene rings is 3. The van der Waals surface area contributed by atoms with Crippen molar-refractivity contribution < 1.29 is 27.8 Å². The van der Waals surface area contributed by atoms with E-state index in [0.29, 0.717) is 23.6 Å². The molecule has 154 valence electrons. The minimum Gasteiger partial charge on any atom is -0.462 e. The Hall–Kier alpha value is -3.54. The van der Waals surface area contributed by atoms with Crippen LogP contribution in [0.25, 0.3) is 21.5 Å². The van der Waals surface area contributed by atoms with Crippen LogP contribution < -0.4 is 0 Å². The van der Waals surface area contributed by atoms with Crippen LogP contribution in [0.5, 0.6) is 0 Å². The second-order valence-electron chi connectivity index (χ2n) is 6.63. The number of carbonyl (C=O) groups is 2. The fourth-order valence-electron chi connectivity index (χ4n) is 3.22. The van der Waals surface area contributed by atoms with E-state index in [4.69, 9.17) is 9.47 Å². The molecular weight excluding hydrogens is 390 g/mol. The van der Waals surface area contributed by atoms with Gasteiger partial charge >= 0.3 is 11.9 Å². The normalized spacial score (nSPS) is 10.7. The van der Waals surface area contributed by atoms with Crippen LogP contribution in [0.3, 0.4) is 0 Å². The highest BCUT2D eigenvalue weighted by Crippen LogP contribution is 2.32. The molecule has 0 radical (unpaired) electrons. The van der Waals surface area contributed by atoms with Crippen LogP contribution in [-0.4, -0.2) is 25.2 Å². The zero-order valence-corrected chi connectivity index (χ0v) is 16.3. The van der Waals surface area contributed by atoms with Gasteiger partial charge in [-0.1, -0.05) is 37.4 Å². The van der Waals surface area contributed by atoms with Crippen molar-refractivity contribution >= 4 is 33.5 Å². The molecule has 0 aliphatic carbocycles. The summed E-state index contributed by atoms with van der Waals surface area (Å²) in [5.41, 5.74) is 1.44. The third kappa shape index (κ3) is 4.54. The van der Waals surface area contributed by atoms with E-state index in [0.717, 1.165) is 23.3 Å². The second kappa shape index (κ2) is 9.31. The van der Waals surface area contributed by atoms with Crippen molar-refractivity contribution in [1.82, 2.24) is 0 Å². The van der Waals surface area contributed by atoms with Crippen LogP contribution in [0, 0.1) is 11.6 Å². The predicted molar refractivity (Wildman–Crippen MR) is 111 cm³/mol. The summed E-state index contributed by atoms with van der Waals surface area (Å²) < 4.78 is 39.5. The summed E-state index contributed by atoms with van der Waals surface area (Å²) in [5, 5.41) is 1.50. The number of hydrogen-bond acceptors (Lipinski definition) is 4. The van der Waals surface area contributed by atoms with Crippen LogP contribution in [0.4, 0.5) is 8.78 Å². The zero-order chi connectivity index (χ0) is 21.7. The van der Waals surface area contributed by atoms with Gasteiger partial charge in [-0.15, -0.1) is 0 Å². The van der Waals surface area contributed by atoms with E-state index in [2.05, 4.69) is 13.2 Å². The van der Waals surface area contributed by atoms with E-state index < -0.39 is 23.6 Å². The Morgan fingerprint density at radius 1 is 0.733 bits per heavy atom. The quantitative estimate of drug-likeness (QED) is 0.304. The molecule has 4 nitrogen and oxygen atoms in total. The van der Waals surface area contributed by atoms with Crippen molar-refractivity contribution in [1.29, 1.82) is 0 Å². The van der Waals surface area contributed by atoms with Crippen LogP contribution in [-0.2, 0) is 31.9 Å². The molecule has 0 saturated carbocycles. The predicted octanol–water partition coefficient (Wildman–Crippen LogP) is 4.81. The van der Waals surface area contributed by atoms with E-state index in [-0.39, 0.29) is 24.0 Å². The van der Waals surface area contributed by atoms with Crippen molar-refractivity contribution in [3.8, 4) is 0 Å². The van der Waals surface area contributed by atoms with Gasteiger partial charge in [-0.25, -0.2) is 18.4 Å². The van der Waals surface area contributed by atoms with Gasteiger partial charge in [-0.2, -0.15) is 0 Å². The SMILES string of the molecule is C=CC(=O)OCCc1ccc2c(c1)c(F)c(F)c1cc(CCOC(=O)C=C)ccc12. The van der Waals surface area contributed by atoms with Gasteiger partial charge in [0.15, 0.2) is 11.6 Å². The average molecular weight is 410 g/mol. The number of esters is 2. The summed E-state index contributed by atoms with van der Waals surface area (Å²) >= 11 is 0. The zero-order valence-electron chi connectivity index (χ0n) is 16.3. The van der Waals surface area contributed by atoms with E-state index in [9.17, 15) is 18.4 Å². The maximum absolute atomic E-state index is 14.8. The largest absolute Gasteiger partial charge is 0.462 e. The Morgan fingerprint density at radius 3 is 1.50 bits per heavy atom. The minimum atomic E-state index is -0.933. The topological polar surface area (TPSA) is 52.6 Å². The summed E-state index contributed by atoms with van der Waals surface area (Å²) in [4.78, 5) is 22.2. The third-order valence-corrected chi connectivity index (χ3v) is 4.73. The summed E-state index contributed by atoms with van der Waals surface area (Å²) in [6.45, 7) is 6.88. The molecule has 0 bridgehead atoms. The first kappa shape index (κ1) is 21.2. The van der Waals surface area contributed by atoms with Crippen molar-refractivity contribution in [3.63, 3.8) is 0 Å². The van der Waals surface area contributed by atoms with Gasteiger partial charge in [0, 0.05) is 35.8 Å². The van der Waals surface area contributed by atoms with E-state index in [1.165, 1.54) is 0 Å². The Balaban J connectivity index is 1.90. The average Bonchev–Trinajstić information content (AvgIpc) is 2.77. The highest BCUT2D eigenvalue weighted by atomic mass is 19.2. The number of carbonyl (C=O) groups excluding carboxylic acids is 2. The molecule has 3 aromatic rings. The molecule has 0 aromatic heterocycles. The van der Waals surface area contributed by atoms with Crippen molar-refractivity contribution in [3.05, 3.63) is 84.5 Å².